The first-order valence-corrected chi connectivity index (χ1v) is 8.77. The Morgan fingerprint density at radius 3 is 1.41 bits per heavy atom. The number of aliphatic hydroxyl groups excluding tert-OH is 2. The highest BCUT2D eigenvalue weighted by molar-refractivity contribution is 5.91. The number of hydrogen-bond acceptors (Lipinski definition) is 6. The van der Waals surface area contributed by atoms with Gasteiger partial charge in [-0.05, 0) is 11.1 Å². The lowest BCUT2D eigenvalue weighted by atomic mass is 10.0. The zero-order chi connectivity index (χ0) is 19.5. The number of ether oxygens (including phenoxy) is 2. The van der Waals surface area contributed by atoms with E-state index in [1.54, 1.807) is 0 Å². The fourth-order valence-electron chi connectivity index (χ4n) is 2.57. The van der Waals surface area contributed by atoms with Crippen LogP contribution >= 0.6 is 0 Å². The van der Waals surface area contributed by atoms with Crippen LogP contribution in [-0.2, 0) is 19.1 Å². The molecule has 6 heteroatoms. The predicted octanol–water partition coefficient (Wildman–Crippen LogP) is 2.02. The molecule has 6 nitrogen and oxygen atoms in total. The van der Waals surface area contributed by atoms with E-state index < -0.39 is 18.4 Å². The Morgan fingerprint density at radius 2 is 1.07 bits per heavy atom. The van der Waals surface area contributed by atoms with Crippen molar-refractivity contribution in [2.75, 3.05) is 26.4 Å². The molecule has 0 aliphatic heterocycles. The van der Waals surface area contributed by atoms with Gasteiger partial charge in [-0.1, -0.05) is 60.7 Å². The molecule has 0 aromatic heterocycles. The molecule has 2 aromatic carbocycles. The highest BCUT2D eigenvalue weighted by Gasteiger charge is 2.18. The van der Waals surface area contributed by atoms with Crippen molar-refractivity contribution < 1.29 is 29.3 Å². The van der Waals surface area contributed by atoms with Gasteiger partial charge in [-0.2, -0.15) is 0 Å². The lowest BCUT2D eigenvalue weighted by Crippen LogP contribution is -2.21. The minimum absolute atomic E-state index is 0.0179. The number of hydrogen-bond donors (Lipinski definition) is 2. The van der Waals surface area contributed by atoms with Crippen molar-refractivity contribution in [3.05, 3.63) is 71.8 Å². The number of rotatable bonds is 10. The fraction of sp³-hybridized carbons (Fsp3) is 0.333. The molecule has 144 valence electrons. The van der Waals surface area contributed by atoms with Crippen molar-refractivity contribution >= 4 is 11.9 Å². The van der Waals surface area contributed by atoms with Crippen LogP contribution in [0.5, 0.6) is 0 Å². The van der Waals surface area contributed by atoms with Crippen molar-refractivity contribution in [1.29, 1.82) is 0 Å². The summed E-state index contributed by atoms with van der Waals surface area (Å²) in [5.74, 6) is -2.12. The standard InChI is InChI=1S/C21H24O6/c22-12-18(16-7-3-1-4-8-16)14-26-20(24)11-21(25)27-15-19(13-23)17-9-5-2-6-10-17/h1-10,18-19,22-23H,11-15H2. The molecule has 0 saturated heterocycles. The Kier molecular flexibility index (Phi) is 8.48. The normalized spacial score (nSPS) is 12.8. The fourth-order valence-corrected chi connectivity index (χ4v) is 2.57. The minimum Gasteiger partial charge on any atom is -0.465 e. The van der Waals surface area contributed by atoms with Gasteiger partial charge in [0.25, 0.3) is 0 Å². The molecule has 0 radical (unpaired) electrons. The van der Waals surface area contributed by atoms with Crippen molar-refractivity contribution in [3.8, 4) is 0 Å². The maximum Gasteiger partial charge on any atom is 0.317 e. The van der Waals surface area contributed by atoms with Crippen LogP contribution in [0.4, 0.5) is 0 Å². The zero-order valence-corrected chi connectivity index (χ0v) is 15.0. The maximum absolute atomic E-state index is 11.8. The first kappa shape index (κ1) is 20.6. The van der Waals surface area contributed by atoms with Crippen LogP contribution in [0.3, 0.4) is 0 Å². The number of carbonyl (C=O) groups is 2. The molecule has 0 bridgehead atoms. The van der Waals surface area contributed by atoms with Crippen molar-refractivity contribution in [2.45, 2.75) is 18.3 Å². The Labute approximate surface area is 158 Å². The first-order valence-electron chi connectivity index (χ1n) is 8.77. The topological polar surface area (TPSA) is 93.1 Å². The van der Waals surface area contributed by atoms with Gasteiger partial charge in [-0.15, -0.1) is 0 Å². The summed E-state index contributed by atoms with van der Waals surface area (Å²) in [6.07, 6.45) is -0.514. The average Bonchev–Trinajstić information content (AvgIpc) is 2.70. The second-order valence-electron chi connectivity index (χ2n) is 6.12. The van der Waals surface area contributed by atoms with Gasteiger partial charge in [-0.3, -0.25) is 9.59 Å². The van der Waals surface area contributed by atoms with Crippen LogP contribution in [-0.4, -0.2) is 48.6 Å². The average molecular weight is 372 g/mol. The van der Waals surface area contributed by atoms with Crippen LogP contribution in [0.1, 0.15) is 29.4 Å². The quantitative estimate of drug-likeness (QED) is 0.490. The van der Waals surface area contributed by atoms with Gasteiger partial charge in [0.2, 0.25) is 0 Å². The molecule has 0 aliphatic carbocycles. The highest BCUT2D eigenvalue weighted by atomic mass is 16.6. The molecule has 2 aromatic rings. The number of benzene rings is 2. The molecule has 27 heavy (non-hydrogen) atoms. The minimum atomic E-state index is -0.713. The third-order valence-corrected chi connectivity index (χ3v) is 4.16. The van der Waals surface area contributed by atoms with Crippen molar-refractivity contribution in [3.63, 3.8) is 0 Å². The van der Waals surface area contributed by atoms with Crippen LogP contribution < -0.4 is 0 Å². The van der Waals surface area contributed by atoms with E-state index in [0.29, 0.717) is 0 Å². The predicted molar refractivity (Wildman–Crippen MR) is 99.1 cm³/mol. The van der Waals surface area contributed by atoms with E-state index in [9.17, 15) is 19.8 Å². The van der Waals surface area contributed by atoms with Gasteiger partial charge in [-0.25, -0.2) is 0 Å². The summed E-state index contributed by atoms with van der Waals surface area (Å²) in [6, 6.07) is 18.4. The molecule has 0 saturated carbocycles. The van der Waals surface area contributed by atoms with Crippen LogP contribution in [0, 0.1) is 0 Å². The van der Waals surface area contributed by atoms with Gasteiger partial charge in [0.15, 0.2) is 0 Å². The van der Waals surface area contributed by atoms with Crippen LogP contribution in [0.25, 0.3) is 0 Å². The van der Waals surface area contributed by atoms with E-state index in [4.69, 9.17) is 9.47 Å². The molecule has 2 atom stereocenters. The van der Waals surface area contributed by atoms with Crippen LogP contribution in [0.15, 0.2) is 60.7 Å². The van der Waals surface area contributed by atoms with Gasteiger partial charge < -0.3 is 19.7 Å². The third kappa shape index (κ3) is 6.84. The number of carbonyl (C=O) groups excluding carboxylic acids is 2. The molecular formula is C21H24O6. The SMILES string of the molecule is O=C(CC(=O)OCC(CO)c1ccccc1)OCC(CO)c1ccccc1. The molecular weight excluding hydrogens is 348 g/mol. The van der Waals surface area contributed by atoms with E-state index in [0.717, 1.165) is 11.1 Å². The zero-order valence-electron chi connectivity index (χ0n) is 15.0. The van der Waals surface area contributed by atoms with Gasteiger partial charge in [0.05, 0.1) is 13.2 Å². The van der Waals surface area contributed by atoms with E-state index >= 15 is 0 Å². The summed E-state index contributed by atoms with van der Waals surface area (Å²) in [4.78, 5) is 23.7. The van der Waals surface area contributed by atoms with Gasteiger partial charge >= 0.3 is 11.9 Å². The van der Waals surface area contributed by atoms with E-state index in [2.05, 4.69) is 0 Å². The summed E-state index contributed by atoms with van der Waals surface area (Å²) in [7, 11) is 0. The van der Waals surface area contributed by atoms with Gasteiger partial charge in [0, 0.05) is 11.8 Å². The Morgan fingerprint density at radius 1 is 0.704 bits per heavy atom. The third-order valence-electron chi connectivity index (χ3n) is 4.16. The molecule has 2 N–H and O–H groups in total. The lowest BCUT2D eigenvalue weighted by Gasteiger charge is -2.16. The summed E-state index contributed by atoms with van der Waals surface area (Å²) in [6.45, 7) is -0.375. The summed E-state index contributed by atoms with van der Waals surface area (Å²) < 4.78 is 10.2. The largest absolute Gasteiger partial charge is 0.465 e. The number of aliphatic hydroxyl groups is 2. The smallest absolute Gasteiger partial charge is 0.317 e. The summed E-state index contributed by atoms with van der Waals surface area (Å²) in [5, 5.41) is 18.9. The second kappa shape index (κ2) is 11.1. The molecule has 0 amide bonds. The van der Waals surface area contributed by atoms with Crippen molar-refractivity contribution in [2.24, 2.45) is 0 Å². The van der Waals surface area contributed by atoms with E-state index in [1.807, 2.05) is 60.7 Å². The molecule has 0 fully saturated rings. The highest BCUT2D eigenvalue weighted by Crippen LogP contribution is 2.17. The van der Waals surface area contributed by atoms with E-state index in [1.165, 1.54) is 0 Å². The molecule has 0 aliphatic rings. The van der Waals surface area contributed by atoms with Crippen molar-refractivity contribution in [1.82, 2.24) is 0 Å². The summed E-state index contributed by atoms with van der Waals surface area (Å²) in [5.41, 5.74) is 1.70. The van der Waals surface area contributed by atoms with Gasteiger partial charge in [0.1, 0.15) is 19.6 Å². The lowest BCUT2D eigenvalue weighted by molar-refractivity contribution is -0.155. The Hall–Kier alpha value is -2.70. The Balaban J connectivity index is 1.75. The Bertz CT molecular complexity index is 640. The molecule has 0 heterocycles. The monoisotopic (exact) mass is 372 g/mol. The van der Waals surface area contributed by atoms with E-state index in [-0.39, 0.29) is 38.3 Å². The number of esters is 2. The second-order valence-corrected chi connectivity index (χ2v) is 6.12. The molecule has 2 unspecified atom stereocenters. The molecule has 2 rings (SSSR count). The van der Waals surface area contributed by atoms with Crippen LogP contribution in [0.2, 0.25) is 0 Å². The molecule has 0 spiro atoms. The maximum atomic E-state index is 11.8. The first-order chi connectivity index (χ1) is 13.1. The summed E-state index contributed by atoms with van der Waals surface area (Å²) >= 11 is 0.